The van der Waals surface area contributed by atoms with Gasteiger partial charge in [-0.25, -0.2) is 0 Å². The zero-order valence-corrected chi connectivity index (χ0v) is 18.4. The molecule has 1 aliphatic heterocycles. The largest absolute Gasteiger partial charge is 0.350 e. The van der Waals surface area contributed by atoms with E-state index in [1.165, 1.54) is 35.2 Å². The Kier molecular flexibility index (Phi) is 6.75. The van der Waals surface area contributed by atoms with Crippen LogP contribution in [-0.2, 0) is 0 Å². The van der Waals surface area contributed by atoms with Crippen molar-refractivity contribution >= 4 is 40.9 Å². The predicted octanol–water partition coefficient (Wildman–Crippen LogP) is 4.13. The minimum absolute atomic E-state index is 0.0809. The van der Waals surface area contributed by atoms with Gasteiger partial charge in [0.15, 0.2) is 0 Å². The normalized spacial score (nSPS) is 12.9. The van der Waals surface area contributed by atoms with Crippen LogP contribution in [0.4, 0.5) is 5.69 Å². The van der Waals surface area contributed by atoms with Crippen molar-refractivity contribution in [1.29, 1.82) is 0 Å². The first kappa shape index (κ1) is 22.5. The zero-order valence-electron chi connectivity index (χ0n) is 17.6. The van der Waals surface area contributed by atoms with Crippen LogP contribution in [0, 0.1) is 0 Å². The standard InChI is InChI=1S/C23H24ClN3O4/c1-4-5-10-27-22(30)16-8-6-14(11-18(16)23(27)31)20(28)26-19-12-15(24)7-9-17(19)21(29)25-13(2)3/h6-9,11-13H,4-5,10H2,1-3H3,(H,25,29)(H,26,28). The van der Waals surface area contributed by atoms with E-state index in [4.69, 9.17) is 11.6 Å². The number of carbonyl (C=O) groups is 4. The van der Waals surface area contributed by atoms with Crippen molar-refractivity contribution < 1.29 is 19.2 Å². The molecule has 1 aliphatic rings. The van der Waals surface area contributed by atoms with Gasteiger partial charge in [-0.05, 0) is 56.7 Å². The van der Waals surface area contributed by atoms with Crippen molar-refractivity contribution in [2.75, 3.05) is 11.9 Å². The lowest BCUT2D eigenvalue weighted by Gasteiger charge is -2.14. The summed E-state index contributed by atoms with van der Waals surface area (Å²) in [6.07, 6.45) is 1.57. The van der Waals surface area contributed by atoms with Crippen molar-refractivity contribution in [3.8, 4) is 0 Å². The van der Waals surface area contributed by atoms with Gasteiger partial charge in [0.1, 0.15) is 0 Å². The second kappa shape index (κ2) is 9.31. The maximum atomic E-state index is 12.9. The lowest BCUT2D eigenvalue weighted by atomic mass is 10.0. The van der Waals surface area contributed by atoms with Crippen LogP contribution >= 0.6 is 11.6 Å². The molecule has 0 aromatic heterocycles. The molecule has 162 valence electrons. The van der Waals surface area contributed by atoms with Gasteiger partial charge in [-0.3, -0.25) is 24.1 Å². The molecule has 2 aromatic rings. The SMILES string of the molecule is CCCCN1C(=O)c2ccc(C(=O)Nc3cc(Cl)ccc3C(=O)NC(C)C)cc2C1=O. The van der Waals surface area contributed by atoms with Crippen molar-refractivity contribution in [2.45, 2.75) is 39.7 Å². The predicted molar refractivity (Wildman–Crippen MR) is 119 cm³/mol. The first-order chi connectivity index (χ1) is 14.7. The van der Waals surface area contributed by atoms with Gasteiger partial charge in [0.2, 0.25) is 0 Å². The highest BCUT2D eigenvalue weighted by atomic mass is 35.5. The maximum Gasteiger partial charge on any atom is 0.261 e. The van der Waals surface area contributed by atoms with E-state index >= 15 is 0 Å². The Bertz CT molecular complexity index is 1060. The molecule has 7 nitrogen and oxygen atoms in total. The van der Waals surface area contributed by atoms with Gasteiger partial charge in [0.05, 0.1) is 22.4 Å². The van der Waals surface area contributed by atoms with Crippen molar-refractivity contribution in [3.63, 3.8) is 0 Å². The second-order valence-corrected chi connectivity index (χ2v) is 8.08. The highest BCUT2D eigenvalue weighted by Gasteiger charge is 2.35. The Labute approximate surface area is 185 Å². The molecule has 0 aliphatic carbocycles. The number of nitrogens with one attached hydrogen (secondary N) is 2. The molecule has 0 radical (unpaired) electrons. The van der Waals surface area contributed by atoms with Gasteiger partial charge in [0, 0.05) is 23.2 Å². The van der Waals surface area contributed by atoms with E-state index in [1.54, 1.807) is 6.07 Å². The highest BCUT2D eigenvalue weighted by Crippen LogP contribution is 2.26. The van der Waals surface area contributed by atoms with E-state index in [-0.39, 0.29) is 45.8 Å². The fourth-order valence-corrected chi connectivity index (χ4v) is 3.48. The summed E-state index contributed by atoms with van der Waals surface area (Å²) in [5.41, 5.74) is 1.22. The number of imide groups is 1. The quantitative estimate of drug-likeness (QED) is 0.631. The van der Waals surface area contributed by atoms with Crippen molar-refractivity contribution in [3.05, 3.63) is 63.7 Å². The molecule has 4 amide bonds. The van der Waals surface area contributed by atoms with Crippen molar-refractivity contribution in [2.24, 2.45) is 0 Å². The zero-order chi connectivity index (χ0) is 22.7. The summed E-state index contributed by atoms with van der Waals surface area (Å²) < 4.78 is 0. The van der Waals surface area contributed by atoms with Crippen LogP contribution in [0.5, 0.6) is 0 Å². The van der Waals surface area contributed by atoms with Crippen LogP contribution in [0.1, 0.15) is 75.0 Å². The van der Waals surface area contributed by atoms with Crippen LogP contribution in [0.15, 0.2) is 36.4 Å². The molecular formula is C23H24ClN3O4. The summed E-state index contributed by atoms with van der Waals surface area (Å²) >= 11 is 6.06. The third kappa shape index (κ3) is 4.77. The second-order valence-electron chi connectivity index (χ2n) is 7.65. The molecule has 8 heteroatoms. The van der Waals surface area contributed by atoms with Crippen LogP contribution < -0.4 is 10.6 Å². The molecular weight excluding hydrogens is 418 g/mol. The fraction of sp³-hybridized carbons (Fsp3) is 0.304. The van der Waals surface area contributed by atoms with E-state index in [2.05, 4.69) is 10.6 Å². The van der Waals surface area contributed by atoms with Gasteiger partial charge in [0.25, 0.3) is 23.6 Å². The molecule has 0 spiro atoms. The first-order valence-corrected chi connectivity index (χ1v) is 10.5. The lowest BCUT2D eigenvalue weighted by molar-refractivity contribution is 0.0651. The minimum atomic E-state index is -0.518. The number of halogens is 1. The lowest BCUT2D eigenvalue weighted by Crippen LogP contribution is -2.31. The molecule has 2 N–H and O–H groups in total. The molecule has 1 heterocycles. The highest BCUT2D eigenvalue weighted by molar-refractivity contribution is 6.31. The van der Waals surface area contributed by atoms with Crippen LogP contribution in [0.25, 0.3) is 0 Å². The number of anilines is 1. The van der Waals surface area contributed by atoms with E-state index in [0.717, 1.165) is 12.8 Å². The Hall–Kier alpha value is -3.19. The molecule has 0 atom stereocenters. The molecule has 0 fully saturated rings. The van der Waals surface area contributed by atoms with Gasteiger partial charge in [-0.2, -0.15) is 0 Å². The molecule has 0 unspecified atom stereocenters. The monoisotopic (exact) mass is 441 g/mol. The molecule has 31 heavy (non-hydrogen) atoms. The Balaban J connectivity index is 1.86. The van der Waals surface area contributed by atoms with Crippen molar-refractivity contribution in [1.82, 2.24) is 10.2 Å². The number of rotatable bonds is 7. The third-order valence-electron chi connectivity index (χ3n) is 4.86. The summed E-state index contributed by atoms with van der Waals surface area (Å²) in [7, 11) is 0. The number of nitrogens with zero attached hydrogens (tertiary/aromatic N) is 1. The van der Waals surface area contributed by atoms with Crippen LogP contribution in [0.2, 0.25) is 5.02 Å². The number of carbonyl (C=O) groups excluding carboxylic acids is 4. The van der Waals surface area contributed by atoms with Crippen LogP contribution in [-0.4, -0.2) is 41.1 Å². The molecule has 3 rings (SSSR count). The third-order valence-corrected chi connectivity index (χ3v) is 5.10. The number of amides is 4. The number of unbranched alkanes of at least 4 members (excludes halogenated alkanes) is 1. The topological polar surface area (TPSA) is 95.6 Å². The smallest absolute Gasteiger partial charge is 0.261 e. The van der Waals surface area contributed by atoms with Crippen LogP contribution in [0.3, 0.4) is 0 Å². The maximum absolute atomic E-state index is 12.9. The van der Waals surface area contributed by atoms with E-state index in [0.29, 0.717) is 11.6 Å². The number of hydrogen-bond acceptors (Lipinski definition) is 4. The number of hydrogen-bond donors (Lipinski definition) is 2. The number of benzene rings is 2. The van der Waals surface area contributed by atoms with E-state index in [9.17, 15) is 19.2 Å². The van der Waals surface area contributed by atoms with E-state index in [1.807, 2.05) is 20.8 Å². The average molecular weight is 442 g/mol. The van der Waals surface area contributed by atoms with Gasteiger partial charge in [-0.15, -0.1) is 0 Å². The fourth-order valence-electron chi connectivity index (χ4n) is 3.30. The molecule has 0 bridgehead atoms. The summed E-state index contributed by atoms with van der Waals surface area (Å²) in [6.45, 7) is 5.99. The summed E-state index contributed by atoms with van der Waals surface area (Å²) in [6, 6.07) is 8.89. The van der Waals surface area contributed by atoms with Gasteiger partial charge < -0.3 is 10.6 Å². The minimum Gasteiger partial charge on any atom is -0.350 e. The summed E-state index contributed by atoms with van der Waals surface area (Å²) in [4.78, 5) is 51.7. The van der Waals surface area contributed by atoms with E-state index < -0.39 is 11.8 Å². The Morgan fingerprint density at radius 3 is 2.39 bits per heavy atom. The van der Waals surface area contributed by atoms with Gasteiger partial charge in [-0.1, -0.05) is 24.9 Å². The Morgan fingerprint density at radius 2 is 1.71 bits per heavy atom. The summed E-state index contributed by atoms with van der Waals surface area (Å²) in [5, 5.41) is 5.83. The molecule has 0 saturated heterocycles. The summed E-state index contributed by atoms with van der Waals surface area (Å²) in [5.74, 6) is -1.61. The number of fused-ring (bicyclic) bond motifs is 1. The Morgan fingerprint density at radius 1 is 1.00 bits per heavy atom. The molecule has 2 aromatic carbocycles. The molecule has 0 saturated carbocycles. The first-order valence-electron chi connectivity index (χ1n) is 10.1. The average Bonchev–Trinajstić information content (AvgIpc) is 2.95. The van der Waals surface area contributed by atoms with Gasteiger partial charge >= 0.3 is 0 Å².